The average Bonchev–Trinajstić information content (AvgIpc) is 3.14. The largest absolute Gasteiger partial charge is 0.481 e. The van der Waals surface area contributed by atoms with Gasteiger partial charge in [0.25, 0.3) is 5.91 Å². The Morgan fingerprint density at radius 1 is 1.03 bits per heavy atom. The van der Waals surface area contributed by atoms with E-state index in [4.69, 9.17) is 16.7 Å². The average molecular weight is 488 g/mol. The third-order valence-corrected chi connectivity index (χ3v) is 6.63. The summed E-state index contributed by atoms with van der Waals surface area (Å²) >= 11 is 6.16. The first-order valence-electron chi connectivity index (χ1n) is 11.7. The summed E-state index contributed by atoms with van der Waals surface area (Å²) in [7, 11) is 0. The number of nitrogens with one attached hydrogen (secondary N) is 2. The lowest BCUT2D eigenvalue weighted by Crippen LogP contribution is -2.36. The van der Waals surface area contributed by atoms with Crippen LogP contribution in [0.1, 0.15) is 35.1 Å². The second-order valence-electron chi connectivity index (χ2n) is 8.94. The van der Waals surface area contributed by atoms with Crippen molar-refractivity contribution in [1.29, 1.82) is 0 Å². The van der Waals surface area contributed by atoms with E-state index in [1.165, 1.54) is 12.0 Å². The highest BCUT2D eigenvalue weighted by molar-refractivity contribution is 6.38. The molecule has 3 aromatic carbocycles. The molecule has 1 fully saturated rings. The molecule has 0 spiro atoms. The van der Waals surface area contributed by atoms with Crippen molar-refractivity contribution in [3.63, 3.8) is 0 Å². The summed E-state index contributed by atoms with van der Waals surface area (Å²) in [5.41, 5.74) is 6.45. The number of rotatable bonds is 8. The van der Waals surface area contributed by atoms with E-state index in [1.54, 1.807) is 12.1 Å². The minimum absolute atomic E-state index is 0.0447. The first-order valence-corrected chi connectivity index (χ1v) is 12.1. The Morgan fingerprint density at radius 3 is 2.54 bits per heavy atom. The van der Waals surface area contributed by atoms with Crippen molar-refractivity contribution in [3.05, 3.63) is 94.0 Å². The quantitative estimate of drug-likeness (QED) is 0.366. The molecule has 3 N–H and O–H groups in total. The molecule has 7 heteroatoms. The summed E-state index contributed by atoms with van der Waals surface area (Å²) in [5, 5.41) is 16.0. The van der Waals surface area contributed by atoms with Gasteiger partial charge in [-0.3, -0.25) is 14.5 Å². The van der Waals surface area contributed by atoms with Crippen LogP contribution in [0.15, 0.2) is 66.7 Å². The molecular weight excluding hydrogens is 462 g/mol. The zero-order chi connectivity index (χ0) is 24.4. The van der Waals surface area contributed by atoms with Gasteiger partial charge in [-0.15, -0.1) is 0 Å². The number of fused-ring (bicyclic) bond motifs is 1. The topological polar surface area (TPSA) is 81.7 Å². The summed E-state index contributed by atoms with van der Waals surface area (Å²) in [6.45, 7) is 3.23. The predicted molar refractivity (Wildman–Crippen MR) is 139 cm³/mol. The molecule has 5 rings (SSSR count). The van der Waals surface area contributed by atoms with Crippen LogP contribution in [-0.2, 0) is 22.6 Å². The number of aryl methyl sites for hydroxylation is 1. The third kappa shape index (κ3) is 5.24. The van der Waals surface area contributed by atoms with Crippen LogP contribution in [0.2, 0.25) is 5.02 Å². The van der Waals surface area contributed by atoms with Gasteiger partial charge in [-0.1, -0.05) is 48.0 Å². The minimum atomic E-state index is -0.841. The number of likely N-dealkylation sites (tertiary alicyclic amines) is 1. The zero-order valence-corrected chi connectivity index (χ0v) is 19.9. The normalized spacial score (nSPS) is 16.3. The van der Waals surface area contributed by atoms with E-state index >= 15 is 0 Å². The summed E-state index contributed by atoms with van der Waals surface area (Å²) in [4.78, 5) is 26.6. The molecular formula is C28H26ClN3O3. The van der Waals surface area contributed by atoms with E-state index in [2.05, 4.69) is 27.7 Å². The highest BCUT2D eigenvalue weighted by Gasteiger charge is 2.28. The lowest BCUT2D eigenvalue weighted by molar-refractivity contribution is -0.137. The van der Waals surface area contributed by atoms with Crippen molar-refractivity contribution in [2.45, 2.75) is 25.8 Å². The number of anilines is 2. The molecule has 0 unspecified atom stereocenters. The van der Waals surface area contributed by atoms with Crippen LogP contribution in [0.5, 0.6) is 0 Å². The van der Waals surface area contributed by atoms with Crippen LogP contribution >= 0.6 is 11.6 Å². The molecule has 0 atom stereocenters. The minimum Gasteiger partial charge on any atom is -0.481 e. The lowest BCUT2D eigenvalue weighted by atomic mass is 9.97. The molecule has 0 aromatic heterocycles. The molecule has 2 aliphatic heterocycles. The Hall–Kier alpha value is -3.61. The third-order valence-electron chi connectivity index (χ3n) is 6.40. The van der Waals surface area contributed by atoms with Gasteiger partial charge in [0.15, 0.2) is 0 Å². The number of carboxylic acid groups (broad SMARTS) is 1. The van der Waals surface area contributed by atoms with Gasteiger partial charge in [0.1, 0.15) is 0 Å². The molecule has 0 saturated carbocycles. The Kier molecular flexibility index (Phi) is 6.57. The Balaban J connectivity index is 1.53. The van der Waals surface area contributed by atoms with Gasteiger partial charge in [-0.2, -0.15) is 0 Å². The number of hydrogen-bond donors (Lipinski definition) is 3. The van der Waals surface area contributed by atoms with Gasteiger partial charge in [-0.05, 0) is 73.0 Å². The lowest BCUT2D eigenvalue weighted by Gasteiger charge is -2.30. The second-order valence-corrected chi connectivity index (χ2v) is 9.38. The van der Waals surface area contributed by atoms with Gasteiger partial charge in [-0.25, -0.2) is 0 Å². The maximum atomic E-state index is 13.1. The van der Waals surface area contributed by atoms with Crippen LogP contribution in [-0.4, -0.2) is 35.0 Å². The van der Waals surface area contributed by atoms with Gasteiger partial charge in [0.2, 0.25) is 0 Å². The van der Waals surface area contributed by atoms with Crippen molar-refractivity contribution in [2.75, 3.05) is 23.7 Å². The van der Waals surface area contributed by atoms with Crippen molar-refractivity contribution in [1.82, 2.24) is 4.90 Å². The van der Waals surface area contributed by atoms with E-state index in [1.807, 2.05) is 42.5 Å². The molecule has 0 radical (unpaired) electrons. The number of nitrogens with zero attached hydrogens (tertiary/aromatic N) is 1. The van der Waals surface area contributed by atoms with Crippen LogP contribution in [0.4, 0.5) is 11.4 Å². The van der Waals surface area contributed by atoms with Crippen LogP contribution in [0, 0.1) is 0 Å². The smallest absolute Gasteiger partial charge is 0.303 e. The number of hydrogen-bond acceptors (Lipinski definition) is 4. The fourth-order valence-corrected chi connectivity index (χ4v) is 4.61. The number of amides is 1. The molecule has 35 heavy (non-hydrogen) atoms. The number of carbonyl (C=O) groups is 2. The van der Waals surface area contributed by atoms with Gasteiger partial charge in [0.05, 0.1) is 17.0 Å². The number of carboxylic acids is 1. The molecule has 0 aliphatic carbocycles. The van der Waals surface area contributed by atoms with E-state index < -0.39 is 5.97 Å². The summed E-state index contributed by atoms with van der Waals surface area (Å²) < 4.78 is 0. The van der Waals surface area contributed by atoms with Crippen molar-refractivity contribution >= 4 is 46.1 Å². The maximum Gasteiger partial charge on any atom is 0.303 e. The first-order chi connectivity index (χ1) is 17.0. The van der Waals surface area contributed by atoms with Crippen LogP contribution in [0.25, 0.3) is 11.3 Å². The monoisotopic (exact) mass is 487 g/mol. The molecule has 178 valence electrons. The molecule has 3 aromatic rings. The van der Waals surface area contributed by atoms with Gasteiger partial charge >= 0.3 is 5.97 Å². The molecule has 1 amide bonds. The summed E-state index contributed by atoms with van der Waals surface area (Å²) in [6.07, 6.45) is 1.72. The van der Waals surface area contributed by atoms with Crippen molar-refractivity contribution < 1.29 is 14.7 Å². The fourth-order valence-electron chi connectivity index (χ4n) is 4.44. The zero-order valence-electron chi connectivity index (χ0n) is 19.2. The van der Waals surface area contributed by atoms with Gasteiger partial charge < -0.3 is 15.7 Å². The number of benzene rings is 3. The first kappa shape index (κ1) is 23.1. The highest BCUT2D eigenvalue weighted by atomic mass is 35.5. The molecule has 6 nitrogen and oxygen atoms in total. The molecule has 0 bridgehead atoms. The molecule has 1 saturated heterocycles. The van der Waals surface area contributed by atoms with E-state index in [9.17, 15) is 9.59 Å². The molecule has 2 heterocycles. The van der Waals surface area contributed by atoms with Gasteiger partial charge in [0, 0.05) is 29.2 Å². The fraction of sp³-hybridized carbons (Fsp3) is 0.214. The number of aliphatic carboxylic acids is 1. The van der Waals surface area contributed by atoms with E-state index in [-0.39, 0.29) is 12.3 Å². The standard InChI is InChI=1S/C28H26ClN3O3/c29-21-8-11-23-24(16-21)31-28(35)26(23)27(20-4-1-3-18(15-20)7-12-25(33)34)30-22-9-5-19(6-10-22)17-32-13-2-14-32/h1,3-6,8-11,15-16,30H,2,7,12-14,17H2,(H,31,35)(H,33,34). The number of halogens is 1. The van der Waals surface area contributed by atoms with E-state index in [0.717, 1.165) is 42.0 Å². The summed E-state index contributed by atoms with van der Waals surface area (Å²) in [6, 6.07) is 21.3. The predicted octanol–water partition coefficient (Wildman–Crippen LogP) is 5.50. The van der Waals surface area contributed by atoms with Crippen LogP contribution in [0.3, 0.4) is 0 Å². The van der Waals surface area contributed by atoms with Crippen LogP contribution < -0.4 is 10.6 Å². The Labute approximate surface area is 209 Å². The van der Waals surface area contributed by atoms with Crippen molar-refractivity contribution in [2.24, 2.45) is 0 Å². The number of carbonyl (C=O) groups excluding carboxylic acids is 1. The highest BCUT2D eigenvalue weighted by Crippen LogP contribution is 2.39. The second kappa shape index (κ2) is 9.94. The SMILES string of the molecule is O=C(O)CCc1cccc(C(Nc2ccc(CN3CCC3)cc2)=C2C(=O)Nc3cc(Cl)ccc32)c1. The Morgan fingerprint density at radius 2 is 1.83 bits per heavy atom. The molecule has 2 aliphatic rings. The van der Waals surface area contributed by atoms with Crippen molar-refractivity contribution in [3.8, 4) is 0 Å². The Bertz CT molecular complexity index is 1310. The maximum absolute atomic E-state index is 13.1. The van der Waals surface area contributed by atoms with E-state index in [0.29, 0.717) is 28.4 Å². The summed E-state index contributed by atoms with van der Waals surface area (Å²) in [5.74, 6) is -1.05.